The van der Waals surface area contributed by atoms with Gasteiger partial charge in [0.1, 0.15) is 5.60 Å². The minimum atomic E-state index is -0.658. The van der Waals surface area contributed by atoms with E-state index in [1.165, 1.54) is 6.92 Å². The van der Waals surface area contributed by atoms with E-state index < -0.39 is 10.7 Å². The Balaban J connectivity index is 1.87. The lowest BCUT2D eigenvalue weighted by atomic mass is 9.51. The quantitative estimate of drug-likeness (QED) is 0.610. The highest BCUT2D eigenvalue weighted by Crippen LogP contribution is 2.58. The maximum atomic E-state index is 11.4. The molecule has 4 aliphatic carbocycles. The van der Waals surface area contributed by atoms with Gasteiger partial charge < -0.3 is 10.2 Å². The van der Waals surface area contributed by atoms with Crippen LogP contribution < -0.4 is 5.32 Å². The molecule has 0 aromatic carbocycles. The van der Waals surface area contributed by atoms with E-state index in [4.69, 9.17) is 4.84 Å². The summed E-state index contributed by atoms with van der Waals surface area (Å²) >= 11 is 0. The molecule has 0 radical (unpaired) electrons. The molecule has 0 aliphatic heterocycles. The van der Waals surface area contributed by atoms with Crippen LogP contribution in [-0.2, 0) is 9.63 Å². The van der Waals surface area contributed by atoms with Gasteiger partial charge in [0, 0.05) is 12.5 Å². The van der Waals surface area contributed by atoms with E-state index in [9.17, 15) is 14.9 Å². The molecule has 1 amide bonds. The third kappa shape index (κ3) is 1.83. The number of rotatable bonds is 3. The molecule has 4 rings (SSSR count). The van der Waals surface area contributed by atoms with Crippen molar-refractivity contribution in [2.75, 3.05) is 0 Å². The van der Waals surface area contributed by atoms with Crippen LogP contribution in [0.1, 0.15) is 45.4 Å². The van der Waals surface area contributed by atoms with Crippen LogP contribution in [0.15, 0.2) is 0 Å². The second-order valence-electron chi connectivity index (χ2n) is 6.42. The summed E-state index contributed by atoms with van der Waals surface area (Å²) in [5.41, 5.74) is -0.901. The first-order valence-corrected chi connectivity index (χ1v) is 6.53. The first kappa shape index (κ1) is 11.7. The normalized spacial score (nSPS) is 44.7. The van der Waals surface area contributed by atoms with Gasteiger partial charge in [-0.3, -0.25) is 4.79 Å². The molecule has 0 saturated heterocycles. The Bertz CT molecular complexity index is 361. The van der Waals surface area contributed by atoms with Crippen molar-refractivity contribution in [2.45, 2.75) is 56.6 Å². The average Bonchev–Trinajstić information content (AvgIpc) is 2.08. The molecular weight excluding hydrogens is 236 g/mol. The Labute approximate surface area is 105 Å². The molecule has 0 aromatic heterocycles. The zero-order valence-electron chi connectivity index (χ0n) is 10.5. The fraction of sp³-hybridized carbons (Fsp3) is 0.917. The second kappa shape index (κ2) is 3.59. The minimum absolute atomic E-state index is 0.0480. The zero-order valence-corrected chi connectivity index (χ0v) is 10.5. The Morgan fingerprint density at radius 3 is 2.44 bits per heavy atom. The lowest BCUT2D eigenvalue weighted by Gasteiger charge is -2.60. The molecule has 0 aromatic rings. The van der Waals surface area contributed by atoms with Crippen LogP contribution in [-0.4, -0.2) is 22.1 Å². The molecule has 18 heavy (non-hydrogen) atoms. The molecule has 6 nitrogen and oxygen atoms in total. The summed E-state index contributed by atoms with van der Waals surface area (Å²) in [5, 5.41) is 13.1. The predicted molar refractivity (Wildman–Crippen MR) is 62.0 cm³/mol. The van der Waals surface area contributed by atoms with E-state index in [-0.39, 0.29) is 11.4 Å². The van der Waals surface area contributed by atoms with Gasteiger partial charge in [0.2, 0.25) is 5.91 Å². The summed E-state index contributed by atoms with van der Waals surface area (Å²) in [4.78, 5) is 27.1. The molecule has 4 fully saturated rings. The van der Waals surface area contributed by atoms with E-state index in [0.717, 1.165) is 32.1 Å². The van der Waals surface area contributed by atoms with E-state index >= 15 is 0 Å². The van der Waals surface area contributed by atoms with Crippen LogP contribution in [0.5, 0.6) is 0 Å². The lowest BCUT2D eigenvalue weighted by molar-refractivity contribution is -0.785. The molecule has 4 saturated carbocycles. The van der Waals surface area contributed by atoms with Gasteiger partial charge >= 0.3 is 0 Å². The van der Waals surface area contributed by atoms with Gasteiger partial charge in [-0.25, -0.2) is 0 Å². The molecule has 6 heteroatoms. The van der Waals surface area contributed by atoms with Crippen molar-refractivity contribution in [1.82, 2.24) is 5.32 Å². The number of hydrogen-bond donors (Lipinski definition) is 1. The van der Waals surface area contributed by atoms with Crippen LogP contribution in [0.3, 0.4) is 0 Å². The third-order valence-corrected chi connectivity index (χ3v) is 4.72. The first-order valence-electron chi connectivity index (χ1n) is 6.53. The fourth-order valence-electron chi connectivity index (χ4n) is 4.96. The van der Waals surface area contributed by atoms with Crippen molar-refractivity contribution < 1.29 is 14.7 Å². The van der Waals surface area contributed by atoms with Gasteiger partial charge in [-0.05, 0) is 50.4 Å². The first-order chi connectivity index (χ1) is 8.40. The fourth-order valence-corrected chi connectivity index (χ4v) is 4.96. The molecule has 1 N–H and O–H groups in total. The Hall–Kier alpha value is -1.33. The van der Waals surface area contributed by atoms with E-state index in [2.05, 4.69) is 5.32 Å². The van der Waals surface area contributed by atoms with Crippen LogP contribution in [0, 0.1) is 22.0 Å². The van der Waals surface area contributed by atoms with Gasteiger partial charge in [-0.2, -0.15) is 0 Å². The second-order valence-corrected chi connectivity index (χ2v) is 6.42. The summed E-state index contributed by atoms with van der Waals surface area (Å²) in [7, 11) is 0. The predicted octanol–water partition coefficient (Wildman–Crippen LogP) is 1.42. The van der Waals surface area contributed by atoms with Gasteiger partial charge in [-0.15, -0.1) is 10.1 Å². The maximum absolute atomic E-state index is 11.4. The van der Waals surface area contributed by atoms with Crippen molar-refractivity contribution in [2.24, 2.45) is 11.8 Å². The highest BCUT2D eigenvalue weighted by molar-refractivity contribution is 5.74. The molecule has 4 aliphatic rings. The summed E-state index contributed by atoms with van der Waals surface area (Å²) < 4.78 is 0. The van der Waals surface area contributed by atoms with Gasteiger partial charge in [-0.1, -0.05) is 0 Å². The molecule has 100 valence electrons. The van der Waals surface area contributed by atoms with Crippen molar-refractivity contribution in [3.05, 3.63) is 10.1 Å². The maximum Gasteiger partial charge on any atom is 0.295 e. The summed E-state index contributed by atoms with van der Waals surface area (Å²) in [5.74, 6) is 0.865. The van der Waals surface area contributed by atoms with Gasteiger partial charge in [0.05, 0.1) is 0 Å². The summed E-state index contributed by atoms with van der Waals surface area (Å²) in [6.07, 6.45) is 5.16. The number of carbonyl (C=O) groups excluding carboxylic acids is 1. The molecule has 2 atom stereocenters. The molecule has 0 heterocycles. The largest absolute Gasteiger partial charge is 0.351 e. The molecule has 2 unspecified atom stereocenters. The highest BCUT2D eigenvalue weighted by atomic mass is 17.0. The Kier molecular flexibility index (Phi) is 2.34. The summed E-state index contributed by atoms with van der Waals surface area (Å²) in [6.45, 7) is 1.51. The van der Waals surface area contributed by atoms with E-state index in [0.29, 0.717) is 18.3 Å². The van der Waals surface area contributed by atoms with Crippen molar-refractivity contribution in [1.29, 1.82) is 0 Å². The number of nitrogens with one attached hydrogen (secondary N) is 1. The molecule has 4 bridgehead atoms. The lowest BCUT2D eigenvalue weighted by Crippen LogP contribution is -2.66. The van der Waals surface area contributed by atoms with Crippen LogP contribution in [0.25, 0.3) is 0 Å². The van der Waals surface area contributed by atoms with Crippen LogP contribution in [0.4, 0.5) is 0 Å². The number of carbonyl (C=O) groups is 1. The Morgan fingerprint density at radius 2 is 1.94 bits per heavy atom. The summed E-state index contributed by atoms with van der Waals surface area (Å²) in [6, 6.07) is 0. The van der Waals surface area contributed by atoms with Crippen LogP contribution >= 0.6 is 0 Å². The standard InChI is InChI=1S/C12H18N2O4/c1-8(15)13-11-3-9-2-10(4-11)6-12(5-9,7-11)18-14(16)17/h9-10H,2-7H2,1H3,(H,13,15). The number of hydrogen-bond acceptors (Lipinski definition) is 4. The average molecular weight is 254 g/mol. The highest BCUT2D eigenvalue weighted by Gasteiger charge is 2.60. The van der Waals surface area contributed by atoms with Crippen LogP contribution in [0.2, 0.25) is 0 Å². The van der Waals surface area contributed by atoms with E-state index in [1.54, 1.807) is 0 Å². The number of amides is 1. The molecule has 0 spiro atoms. The van der Waals surface area contributed by atoms with E-state index in [1.807, 2.05) is 0 Å². The topological polar surface area (TPSA) is 81.5 Å². The Morgan fingerprint density at radius 1 is 1.33 bits per heavy atom. The minimum Gasteiger partial charge on any atom is -0.351 e. The third-order valence-electron chi connectivity index (χ3n) is 4.72. The van der Waals surface area contributed by atoms with Crippen molar-refractivity contribution in [3.8, 4) is 0 Å². The SMILES string of the molecule is CC(=O)NC12CC3CC(C1)CC(O[N+](=O)[O-])(C3)C2. The number of nitrogens with zero attached hydrogens (tertiary/aromatic N) is 1. The monoisotopic (exact) mass is 254 g/mol. The van der Waals surface area contributed by atoms with Gasteiger partial charge in [0.15, 0.2) is 0 Å². The van der Waals surface area contributed by atoms with Crippen molar-refractivity contribution in [3.63, 3.8) is 0 Å². The van der Waals surface area contributed by atoms with Crippen molar-refractivity contribution >= 4 is 5.91 Å². The molecular formula is C12H18N2O4. The zero-order chi connectivity index (χ0) is 13.0. The van der Waals surface area contributed by atoms with Gasteiger partial charge in [0.25, 0.3) is 5.09 Å². The smallest absolute Gasteiger partial charge is 0.295 e.